The molecule has 1 aromatic heterocycles. The van der Waals surface area contributed by atoms with Crippen molar-refractivity contribution in [3.8, 4) is 0 Å². The average Bonchev–Trinajstić information content (AvgIpc) is 2.37. The van der Waals surface area contributed by atoms with Crippen molar-refractivity contribution in [1.82, 2.24) is 10.0 Å². The minimum atomic E-state index is -1.40. The summed E-state index contributed by atoms with van der Waals surface area (Å²) in [6, 6.07) is 1.88. The molecular formula is C13H19BrN2O4. The highest BCUT2D eigenvalue weighted by Gasteiger charge is 2.33. The lowest BCUT2D eigenvalue weighted by atomic mass is 9.84. The minimum absolute atomic E-state index is 0.0221. The molecule has 0 aliphatic heterocycles. The van der Waals surface area contributed by atoms with Gasteiger partial charge in [0.05, 0.1) is 5.54 Å². The van der Waals surface area contributed by atoms with Gasteiger partial charge in [-0.25, -0.2) is 4.79 Å². The SMILES string of the molecule is CC(C)(C[C@@H](CCO)c1cncc(Br)c1)N(O)C(=O)O. The molecular weight excluding hydrogens is 328 g/mol. The molecule has 20 heavy (non-hydrogen) atoms. The molecule has 3 N–H and O–H groups in total. The van der Waals surface area contributed by atoms with E-state index in [9.17, 15) is 15.1 Å². The maximum Gasteiger partial charge on any atom is 0.431 e. The van der Waals surface area contributed by atoms with E-state index in [2.05, 4.69) is 20.9 Å². The van der Waals surface area contributed by atoms with E-state index in [1.54, 1.807) is 26.2 Å². The van der Waals surface area contributed by atoms with Crippen LogP contribution in [0, 0.1) is 0 Å². The van der Waals surface area contributed by atoms with E-state index in [0.29, 0.717) is 17.9 Å². The number of aliphatic hydroxyl groups is 1. The summed E-state index contributed by atoms with van der Waals surface area (Å²) in [5, 5.41) is 28.0. The Bertz CT molecular complexity index is 467. The van der Waals surface area contributed by atoms with Gasteiger partial charge in [-0.2, -0.15) is 5.06 Å². The van der Waals surface area contributed by atoms with Crippen LogP contribution in [-0.2, 0) is 0 Å². The van der Waals surface area contributed by atoms with Crippen LogP contribution in [-0.4, -0.2) is 43.7 Å². The molecule has 1 aromatic rings. The van der Waals surface area contributed by atoms with Crippen LogP contribution in [0.1, 0.15) is 38.2 Å². The summed E-state index contributed by atoms with van der Waals surface area (Å²) in [4.78, 5) is 15.0. The third-order valence-electron chi connectivity index (χ3n) is 3.18. The number of hydrogen-bond acceptors (Lipinski definition) is 4. The number of pyridine rings is 1. The molecule has 0 aliphatic rings. The van der Waals surface area contributed by atoms with E-state index in [1.165, 1.54) is 0 Å². The lowest BCUT2D eigenvalue weighted by Crippen LogP contribution is -2.45. The highest BCUT2D eigenvalue weighted by molar-refractivity contribution is 9.10. The van der Waals surface area contributed by atoms with Crippen LogP contribution in [0.2, 0.25) is 0 Å². The predicted octanol–water partition coefficient (Wildman–Crippen LogP) is 2.85. The number of hydroxylamine groups is 2. The van der Waals surface area contributed by atoms with Gasteiger partial charge in [0.25, 0.3) is 0 Å². The molecule has 112 valence electrons. The monoisotopic (exact) mass is 346 g/mol. The van der Waals surface area contributed by atoms with Crippen LogP contribution in [0.4, 0.5) is 4.79 Å². The fourth-order valence-corrected chi connectivity index (χ4v) is 2.52. The molecule has 1 atom stereocenters. The van der Waals surface area contributed by atoms with Crippen LogP contribution < -0.4 is 0 Å². The summed E-state index contributed by atoms with van der Waals surface area (Å²) in [6.45, 7) is 3.25. The number of carboxylic acid groups (broad SMARTS) is 1. The zero-order chi connectivity index (χ0) is 15.3. The number of amides is 1. The van der Waals surface area contributed by atoms with E-state index < -0.39 is 11.6 Å². The molecule has 1 rings (SSSR count). The van der Waals surface area contributed by atoms with E-state index in [1.807, 2.05) is 6.07 Å². The van der Waals surface area contributed by atoms with Crippen molar-refractivity contribution < 1.29 is 20.2 Å². The van der Waals surface area contributed by atoms with E-state index in [4.69, 9.17) is 5.11 Å². The standard InChI is InChI=1S/C13H19BrN2O4/c1-13(2,16(20)12(18)19)6-9(3-4-17)10-5-11(14)8-15-7-10/h5,7-9,17,20H,3-4,6H2,1-2H3,(H,18,19)/t9-/m1/s1. The van der Waals surface area contributed by atoms with Crippen molar-refractivity contribution in [2.45, 2.75) is 38.1 Å². The molecule has 0 bridgehead atoms. The Hall–Kier alpha value is -1.18. The van der Waals surface area contributed by atoms with Crippen LogP contribution in [0.5, 0.6) is 0 Å². The Balaban J connectivity index is 2.95. The van der Waals surface area contributed by atoms with Crippen molar-refractivity contribution in [1.29, 1.82) is 0 Å². The van der Waals surface area contributed by atoms with Crippen LogP contribution in [0.15, 0.2) is 22.9 Å². The number of aliphatic hydroxyl groups excluding tert-OH is 1. The Kier molecular flexibility index (Phi) is 5.91. The molecule has 0 saturated heterocycles. The molecule has 1 amide bonds. The number of halogens is 1. The smallest absolute Gasteiger partial charge is 0.431 e. The fourth-order valence-electron chi connectivity index (χ4n) is 2.14. The average molecular weight is 347 g/mol. The zero-order valence-electron chi connectivity index (χ0n) is 11.5. The van der Waals surface area contributed by atoms with Crippen molar-refractivity contribution in [2.24, 2.45) is 0 Å². The van der Waals surface area contributed by atoms with Gasteiger partial charge in [0.1, 0.15) is 0 Å². The zero-order valence-corrected chi connectivity index (χ0v) is 13.0. The maximum absolute atomic E-state index is 10.9. The first-order chi connectivity index (χ1) is 9.27. The molecule has 7 heteroatoms. The van der Waals surface area contributed by atoms with Gasteiger partial charge in [-0.3, -0.25) is 10.2 Å². The second-order valence-corrected chi connectivity index (χ2v) is 6.17. The number of nitrogens with zero attached hydrogens (tertiary/aromatic N) is 2. The highest BCUT2D eigenvalue weighted by atomic mass is 79.9. The van der Waals surface area contributed by atoms with Crippen LogP contribution >= 0.6 is 15.9 Å². The quantitative estimate of drug-likeness (QED) is 0.543. The van der Waals surface area contributed by atoms with Gasteiger partial charge >= 0.3 is 6.09 Å². The summed E-state index contributed by atoms with van der Waals surface area (Å²) in [5.41, 5.74) is -0.0751. The first-order valence-electron chi connectivity index (χ1n) is 6.21. The fraction of sp³-hybridized carbons (Fsp3) is 0.538. The van der Waals surface area contributed by atoms with Gasteiger partial charge in [0.15, 0.2) is 0 Å². The molecule has 0 aliphatic carbocycles. The number of rotatable bonds is 6. The number of aromatic nitrogens is 1. The molecule has 0 unspecified atom stereocenters. The third-order valence-corrected chi connectivity index (χ3v) is 3.61. The molecule has 1 heterocycles. The van der Waals surface area contributed by atoms with Crippen molar-refractivity contribution in [3.63, 3.8) is 0 Å². The summed E-state index contributed by atoms with van der Waals surface area (Å²) in [5.74, 6) is -0.103. The van der Waals surface area contributed by atoms with E-state index in [0.717, 1.165) is 10.0 Å². The summed E-state index contributed by atoms with van der Waals surface area (Å²) < 4.78 is 0.815. The predicted molar refractivity (Wildman–Crippen MR) is 76.7 cm³/mol. The Morgan fingerprint density at radius 1 is 1.50 bits per heavy atom. The van der Waals surface area contributed by atoms with Gasteiger partial charge in [0, 0.05) is 23.5 Å². The molecule has 0 radical (unpaired) electrons. The minimum Gasteiger partial charge on any atom is -0.463 e. The number of hydrogen-bond donors (Lipinski definition) is 3. The van der Waals surface area contributed by atoms with Gasteiger partial charge in [-0.05, 0) is 60.2 Å². The van der Waals surface area contributed by atoms with Crippen molar-refractivity contribution in [2.75, 3.05) is 6.61 Å². The van der Waals surface area contributed by atoms with E-state index >= 15 is 0 Å². The van der Waals surface area contributed by atoms with Crippen LogP contribution in [0.3, 0.4) is 0 Å². The first kappa shape index (κ1) is 16.9. The van der Waals surface area contributed by atoms with Gasteiger partial charge in [-0.1, -0.05) is 0 Å². The topological polar surface area (TPSA) is 93.9 Å². The summed E-state index contributed by atoms with van der Waals surface area (Å²) >= 11 is 3.33. The Morgan fingerprint density at radius 3 is 2.65 bits per heavy atom. The summed E-state index contributed by atoms with van der Waals surface area (Å²) in [6.07, 6.45) is 2.78. The lowest BCUT2D eigenvalue weighted by molar-refractivity contribution is -0.134. The second-order valence-electron chi connectivity index (χ2n) is 5.26. The molecule has 6 nitrogen and oxygen atoms in total. The largest absolute Gasteiger partial charge is 0.463 e. The Morgan fingerprint density at radius 2 is 2.15 bits per heavy atom. The van der Waals surface area contributed by atoms with Crippen molar-refractivity contribution in [3.05, 3.63) is 28.5 Å². The van der Waals surface area contributed by atoms with Gasteiger partial charge in [-0.15, -0.1) is 0 Å². The first-order valence-corrected chi connectivity index (χ1v) is 7.00. The summed E-state index contributed by atoms with van der Waals surface area (Å²) in [7, 11) is 0. The molecule has 0 aromatic carbocycles. The molecule has 0 spiro atoms. The third kappa shape index (κ3) is 4.43. The Labute approximate surface area is 126 Å². The molecule has 0 saturated carbocycles. The second kappa shape index (κ2) is 7.01. The van der Waals surface area contributed by atoms with Gasteiger partial charge in [0.2, 0.25) is 0 Å². The maximum atomic E-state index is 10.9. The van der Waals surface area contributed by atoms with E-state index in [-0.39, 0.29) is 12.5 Å². The van der Waals surface area contributed by atoms with Crippen molar-refractivity contribution >= 4 is 22.0 Å². The van der Waals surface area contributed by atoms with Gasteiger partial charge < -0.3 is 10.2 Å². The number of carbonyl (C=O) groups is 1. The highest BCUT2D eigenvalue weighted by Crippen LogP contribution is 2.32. The normalized spacial score (nSPS) is 13.1. The molecule has 0 fully saturated rings. The lowest BCUT2D eigenvalue weighted by Gasteiger charge is -2.34. The van der Waals surface area contributed by atoms with Crippen LogP contribution in [0.25, 0.3) is 0 Å².